The topological polar surface area (TPSA) is 33.1 Å². The first kappa shape index (κ1) is 32.1. The molecule has 0 unspecified atom stereocenters. The van der Waals surface area contributed by atoms with Crippen LogP contribution in [0, 0.1) is 17.9 Å². The van der Waals surface area contributed by atoms with Gasteiger partial charge in [0.1, 0.15) is 0 Å². The van der Waals surface area contributed by atoms with E-state index in [1.165, 1.54) is 22.3 Å². The summed E-state index contributed by atoms with van der Waals surface area (Å²) in [6, 6.07) is 26.4. The molecule has 1 aromatic heterocycles. The van der Waals surface area contributed by atoms with Crippen molar-refractivity contribution < 1.29 is 0 Å². The first-order valence-corrected chi connectivity index (χ1v) is 16.0. The molecule has 0 aliphatic heterocycles. The zero-order valence-electron chi connectivity index (χ0n) is 29.2. The van der Waals surface area contributed by atoms with Gasteiger partial charge in [-0.25, -0.2) is 4.85 Å². The predicted molar refractivity (Wildman–Crippen MR) is 192 cm³/mol. The van der Waals surface area contributed by atoms with Crippen LogP contribution in [-0.2, 0) is 21.7 Å². The molecule has 0 saturated heterocycles. The molecule has 0 spiro atoms. The van der Waals surface area contributed by atoms with Crippen molar-refractivity contribution in [3.05, 3.63) is 106 Å². The number of rotatable bonds is 2. The second kappa shape index (κ2) is 10.6. The van der Waals surface area contributed by atoms with Crippen LogP contribution in [0.2, 0.25) is 0 Å². The van der Waals surface area contributed by atoms with Gasteiger partial charge in [-0.1, -0.05) is 113 Å². The molecule has 0 aliphatic carbocycles. The van der Waals surface area contributed by atoms with Crippen LogP contribution in [0.4, 0.5) is 5.69 Å². The van der Waals surface area contributed by atoms with Crippen molar-refractivity contribution >= 4 is 27.5 Å². The summed E-state index contributed by atoms with van der Waals surface area (Å²) in [5, 5.41) is 13.0. The maximum Gasteiger partial charge on any atom is 0.212 e. The molecular formula is C42H47N3. The van der Waals surface area contributed by atoms with E-state index in [0.29, 0.717) is 16.9 Å². The summed E-state index contributed by atoms with van der Waals surface area (Å²) in [7, 11) is 0. The lowest BCUT2D eigenvalue weighted by Crippen LogP contribution is -2.19. The van der Waals surface area contributed by atoms with E-state index in [1.807, 2.05) is 12.1 Å². The van der Waals surface area contributed by atoms with E-state index in [0.717, 1.165) is 32.9 Å². The van der Waals surface area contributed by atoms with Gasteiger partial charge in [0.2, 0.25) is 5.69 Å². The average Bonchev–Trinajstić information content (AvgIpc) is 3.27. The third kappa shape index (κ3) is 5.66. The van der Waals surface area contributed by atoms with Gasteiger partial charge < -0.3 is 4.57 Å². The third-order valence-corrected chi connectivity index (χ3v) is 9.02. The van der Waals surface area contributed by atoms with Crippen molar-refractivity contribution in [2.24, 2.45) is 0 Å². The maximum absolute atomic E-state index is 10.7. The third-order valence-electron chi connectivity index (χ3n) is 9.02. The molecule has 0 saturated carbocycles. The van der Waals surface area contributed by atoms with Crippen LogP contribution in [0.15, 0.2) is 66.7 Å². The summed E-state index contributed by atoms with van der Waals surface area (Å²) in [4.78, 5) is 4.11. The van der Waals surface area contributed by atoms with Gasteiger partial charge in [0, 0.05) is 10.8 Å². The minimum Gasteiger partial charge on any atom is -0.318 e. The average molecular weight is 594 g/mol. The Morgan fingerprint density at radius 1 is 0.622 bits per heavy atom. The molecule has 5 rings (SSSR count). The summed E-state index contributed by atoms with van der Waals surface area (Å²) in [6.45, 7) is 35.2. The zero-order chi connectivity index (χ0) is 33.3. The predicted octanol–water partition coefficient (Wildman–Crippen LogP) is 12.1. The number of nitriles is 1. The normalized spacial score (nSPS) is 12.8. The monoisotopic (exact) mass is 593 g/mol. The second-order valence-electron chi connectivity index (χ2n) is 16.6. The second-order valence-corrected chi connectivity index (χ2v) is 16.6. The number of nitrogens with zero attached hydrogens (tertiary/aromatic N) is 3. The Labute approximate surface area is 270 Å². The van der Waals surface area contributed by atoms with E-state index >= 15 is 0 Å². The molecule has 230 valence electrons. The van der Waals surface area contributed by atoms with Gasteiger partial charge in [-0.3, -0.25) is 0 Å². The van der Waals surface area contributed by atoms with Gasteiger partial charge in [-0.2, -0.15) is 5.26 Å². The highest BCUT2D eigenvalue weighted by molar-refractivity contribution is 6.10. The van der Waals surface area contributed by atoms with E-state index in [-0.39, 0.29) is 21.7 Å². The van der Waals surface area contributed by atoms with Gasteiger partial charge in [0.15, 0.2) is 0 Å². The van der Waals surface area contributed by atoms with Gasteiger partial charge in [-0.05, 0) is 91.4 Å². The molecule has 0 amide bonds. The van der Waals surface area contributed by atoms with E-state index < -0.39 is 0 Å². The fraction of sp³-hybridized carbons (Fsp3) is 0.381. The van der Waals surface area contributed by atoms with Crippen LogP contribution in [-0.4, -0.2) is 4.57 Å². The van der Waals surface area contributed by atoms with E-state index in [2.05, 4.69) is 153 Å². The largest absolute Gasteiger partial charge is 0.318 e. The Morgan fingerprint density at radius 3 is 1.47 bits per heavy atom. The van der Waals surface area contributed by atoms with Crippen molar-refractivity contribution in [1.82, 2.24) is 4.57 Å². The van der Waals surface area contributed by atoms with Crippen molar-refractivity contribution in [2.45, 2.75) is 105 Å². The summed E-state index contributed by atoms with van der Waals surface area (Å²) in [5.41, 5.74) is 10.3. The van der Waals surface area contributed by atoms with E-state index in [1.54, 1.807) is 0 Å². The van der Waals surface area contributed by atoms with Gasteiger partial charge in [0.05, 0.1) is 34.9 Å². The van der Waals surface area contributed by atoms with Crippen LogP contribution < -0.4 is 0 Å². The molecule has 0 atom stereocenters. The number of fused-ring (bicyclic) bond motifs is 3. The SMILES string of the molecule is [C-]#[N+]c1cc(-c2c(C(C)(C)C)cccc2C(C)(C)C)cc(C#N)c1-n1c2ccc(C(C)(C)C)cc2c2cc(C(C)(C)C)ccc21. The Hall–Kier alpha value is -4.34. The number of hydrogen-bond donors (Lipinski definition) is 0. The summed E-state index contributed by atoms with van der Waals surface area (Å²) >= 11 is 0. The lowest BCUT2D eigenvalue weighted by atomic mass is 9.74. The van der Waals surface area contributed by atoms with Crippen LogP contribution in [0.3, 0.4) is 0 Å². The number of hydrogen-bond acceptors (Lipinski definition) is 1. The molecule has 0 fully saturated rings. The maximum atomic E-state index is 10.7. The van der Waals surface area contributed by atoms with E-state index in [4.69, 9.17) is 6.57 Å². The Bertz CT molecular complexity index is 1910. The number of aromatic nitrogens is 1. The van der Waals surface area contributed by atoms with E-state index in [9.17, 15) is 5.26 Å². The highest BCUT2D eigenvalue weighted by Crippen LogP contribution is 2.45. The lowest BCUT2D eigenvalue weighted by molar-refractivity contribution is 0.572. The Balaban J connectivity index is 1.92. The molecule has 4 aromatic carbocycles. The molecule has 0 aliphatic rings. The quantitative estimate of drug-likeness (QED) is 0.187. The molecule has 0 radical (unpaired) electrons. The Kier molecular flexibility index (Phi) is 7.58. The molecule has 1 heterocycles. The molecule has 45 heavy (non-hydrogen) atoms. The minimum absolute atomic E-state index is 0.0173. The highest BCUT2D eigenvalue weighted by Gasteiger charge is 2.28. The summed E-state index contributed by atoms with van der Waals surface area (Å²) in [5.74, 6) is 0. The summed E-state index contributed by atoms with van der Waals surface area (Å²) < 4.78 is 2.15. The molecule has 5 aromatic rings. The minimum atomic E-state index is -0.122. The fourth-order valence-electron chi connectivity index (χ4n) is 6.48. The van der Waals surface area contributed by atoms with Crippen LogP contribution in [0.5, 0.6) is 0 Å². The molecule has 3 nitrogen and oxygen atoms in total. The molecular weight excluding hydrogens is 546 g/mol. The van der Waals surface area contributed by atoms with Crippen LogP contribution in [0.25, 0.3) is 43.5 Å². The van der Waals surface area contributed by atoms with Crippen molar-refractivity contribution in [3.8, 4) is 22.9 Å². The Morgan fingerprint density at radius 2 is 1.09 bits per heavy atom. The molecule has 3 heteroatoms. The van der Waals surface area contributed by atoms with Crippen LogP contribution >= 0.6 is 0 Å². The van der Waals surface area contributed by atoms with Gasteiger partial charge in [0.25, 0.3) is 0 Å². The zero-order valence-corrected chi connectivity index (χ0v) is 29.2. The highest BCUT2D eigenvalue weighted by atomic mass is 15.0. The first-order chi connectivity index (χ1) is 20.8. The van der Waals surface area contributed by atoms with Crippen molar-refractivity contribution in [2.75, 3.05) is 0 Å². The molecule has 0 N–H and O–H groups in total. The summed E-state index contributed by atoms with van der Waals surface area (Å²) in [6.07, 6.45) is 0. The fourth-order valence-corrected chi connectivity index (χ4v) is 6.48. The standard InChI is InChI=1S/C42H47N3/c1-39(2,3)28-17-19-35-30(23-28)31-24-29(40(4,5)6)18-20-36(31)45(35)38-27(25-43)21-26(22-34(38)44-13)37-32(41(7,8)9)15-14-16-33(37)42(10,11)12/h14-24H,1-12H3. The molecule has 0 bridgehead atoms. The smallest absolute Gasteiger partial charge is 0.212 e. The lowest BCUT2D eigenvalue weighted by Gasteiger charge is -2.30. The first-order valence-electron chi connectivity index (χ1n) is 16.0. The van der Waals surface area contributed by atoms with Crippen molar-refractivity contribution in [3.63, 3.8) is 0 Å². The van der Waals surface area contributed by atoms with Crippen molar-refractivity contribution in [1.29, 1.82) is 5.26 Å². The van der Waals surface area contributed by atoms with Gasteiger partial charge >= 0.3 is 0 Å². The van der Waals surface area contributed by atoms with Crippen LogP contribution in [0.1, 0.15) is 111 Å². The number of benzene rings is 4. The van der Waals surface area contributed by atoms with Gasteiger partial charge in [-0.15, -0.1) is 0 Å².